The second kappa shape index (κ2) is 8.40. The van der Waals surface area contributed by atoms with Gasteiger partial charge in [-0.15, -0.1) is 11.3 Å². The van der Waals surface area contributed by atoms with Crippen molar-refractivity contribution in [1.82, 2.24) is 5.32 Å². The van der Waals surface area contributed by atoms with Crippen molar-refractivity contribution in [1.29, 1.82) is 0 Å². The number of amides is 1. The second-order valence-corrected chi connectivity index (χ2v) is 12.4. The van der Waals surface area contributed by atoms with Gasteiger partial charge in [0.2, 0.25) is 5.91 Å². The van der Waals surface area contributed by atoms with Gasteiger partial charge in [-0.05, 0) is 71.4 Å². The van der Waals surface area contributed by atoms with Gasteiger partial charge in [-0.25, -0.2) is 8.42 Å². The van der Waals surface area contributed by atoms with Gasteiger partial charge in [-0.1, -0.05) is 37.8 Å². The van der Waals surface area contributed by atoms with E-state index in [1.165, 1.54) is 37.0 Å². The van der Waals surface area contributed by atoms with Crippen LogP contribution in [0.3, 0.4) is 0 Å². The first kappa shape index (κ1) is 20.9. The molecule has 0 atom stereocenters. The van der Waals surface area contributed by atoms with Gasteiger partial charge in [-0.3, -0.25) is 9.52 Å². The van der Waals surface area contributed by atoms with Crippen LogP contribution in [0.25, 0.3) is 0 Å². The summed E-state index contributed by atoms with van der Waals surface area (Å²) >= 11 is 4.46. The molecule has 0 radical (unpaired) electrons. The molecule has 0 saturated heterocycles. The van der Waals surface area contributed by atoms with Crippen LogP contribution in [0.5, 0.6) is 0 Å². The standard InChI is InChI=1S/C21H25BrN2O3S2/c22-18-11-12-19(28-18)29(26,27)24-17-9-7-15(8-10-17)21(13-14-21)20(25)23-16-5-3-1-2-4-6-16/h7-12,16,24H,1-6,13-14H2,(H,23,25). The van der Waals surface area contributed by atoms with Crippen LogP contribution in [0.15, 0.2) is 44.4 Å². The van der Waals surface area contributed by atoms with Crippen molar-refractivity contribution in [2.45, 2.75) is 67.0 Å². The molecule has 1 aromatic heterocycles. The Balaban J connectivity index is 1.43. The summed E-state index contributed by atoms with van der Waals surface area (Å²) < 4.78 is 28.6. The van der Waals surface area contributed by atoms with Crippen molar-refractivity contribution in [3.63, 3.8) is 0 Å². The number of carbonyl (C=O) groups excluding carboxylic acids is 1. The van der Waals surface area contributed by atoms with E-state index in [9.17, 15) is 13.2 Å². The topological polar surface area (TPSA) is 75.3 Å². The van der Waals surface area contributed by atoms with E-state index in [0.717, 1.165) is 35.0 Å². The molecule has 0 unspecified atom stereocenters. The van der Waals surface area contributed by atoms with Gasteiger partial charge in [0.1, 0.15) is 4.21 Å². The van der Waals surface area contributed by atoms with Gasteiger partial charge in [-0.2, -0.15) is 0 Å². The molecule has 0 spiro atoms. The molecular formula is C21H25BrN2O3S2. The molecule has 2 aliphatic carbocycles. The fourth-order valence-electron chi connectivity index (χ4n) is 4.02. The van der Waals surface area contributed by atoms with Crippen LogP contribution < -0.4 is 10.0 Å². The summed E-state index contributed by atoms with van der Waals surface area (Å²) in [5.41, 5.74) is 1.02. The Hall–Kier alpha value is -1.38. The van der Waals surface area contributed by atoms with E-state index >= 15 is 0 Å². The third kappa shape index (κ3) is 4.70. The normalized spacial score (nSPS) is 19.3. The van der Waals surface area contributed by atoms with E-state index in [2.05, 4.69) is 26.0 Å². The molecule has 0 bridgehead atoms. The molecule has 8 heteroatoms. The van der Waals surface area contributed by atoms with Crippen LogP contribution in [0.4, 0.5) is 5.69 Å². The zero-order valence-corrected chi connectivity index (χ0v) is 19.3. The lowest BCUT2D eigenvalue weighted by molar-refractivity contribution is -0.124. The molecule has 1 aromatic carbocycles. The summed E-state index contributed by atoms with van der Waals surface area (Å²) in [5, 5.41) is 3.28. The maximum atomic E-state index is 13.0. The number of nitrogens with one attached hydrogen (secondary N) is 2. The summed E-state index contributed by atoms with van der Waals surface area (Å²) in [6.45, 7) is 0. The van der Waals surface area contributed by atoms with Crippen molar-refractivity contribution in [3.05, 3.63) is 45.7 Å². The lowest BCUT2D eigenvalue weighted by Crippen LogP contribution is -2.41. The number of anilines is 1. The number of thiophene rings is 1. The molecule has 2 saturated carbocycles. The molecule has 1 heterocycles. The Labute approximate surface area is 184 Å². The molecular weight excluding hydrogens is 472 g/mol. The predicted octanol–water partition coefficient (Wildman–Crippen LogP) is 5.18. The van der Waals surface area contributed by atoms with E-state index in [1.54, 1.807) is 24.3 Å². The van der Waals surface area contributed by atoms with E-state index in [-0.39, 0.29) is 10.1 Å². The van der Waals surface area contributed by atoms with Crippen molar-refractivity contribution in [2.75, 3.05) is 4.72 Å². The summed E-state index contributed by atoms with van der Waals surface area (Å²) in [4.78, 5) is 13.0. The van der Waals surface area contributed by atoms with E-state index in [1.807, 2.05) is 12.1 Å². The van der Waals surface area contributed by atoms with Gasteiger partial charge in [0.05, 0.1) is 9.20 Å². The molecule has 2 aromatic rings. The molecule has 2 fully saturated rings. The fraction of sp³-hybridized carbons (Fsp3) is 0.476. The Morgan fingerprint density at radius 2 is 1.66 bits per heavy atom. The van der Waals surface area contributed by atoms with Crippen LogP contribution >= 0.6 is 27.3 Å². The number of halogens is 1. The second-order valence-electron chi connectivity index (χ2n) is 7.99. The van der Waals surface area contributed by atoms with Crippen LogP contribution in [-0.4, -0.2) is 20.4 Å². The van der Waals surface area contributed by atoms with Crippen LogP contribution in [0.1, 0.15) is 56.9 Å². The highest BCUT2D eigenvalue weighted by molar-refractivity contribution is 9.11. The fourth-order valence-corrected chi connectivity index (χ4v) is 7.09. The molecule has 29 heavy (non-hydrogen) atoms. The Bertz CT molecular complexity index is 974. The Kier molecular flexibility index (Phi) is 6.04. The zero-order chi connectivity index (χ0) is 20.5. The van der Waals surface area contributed by atoms with E-state index in [0.29, 0.717) is 11.7 Å². The minimum absolute atomic E-state index is 0.126. The highest BCUT2D eigenvalue weighted by atomic mass is 79.9. The quantitative estimate of drug-likeness (QED) is 0.540. The van der Waals surface area contributed by atoms with Crippen LogP contribution in [0.2, 0.25) is 0 Å². The summed E-state index contributed by atoms with van der Waals surface area (Å²) in [7, 11) is -3.60. The highest BCUT2D eigenvalue weighted by Gasteiger charge is 2.51. The summed E-state index contributed by atoms with van der Waals surface area (Å²) in [6, 6.07) is 10.8. The third-order valence-corrected chi connectivity index (χ3v) is 9.37. The van der Waals surface area contributed by atoms with Gasteiger partial charge in [0.25, 0.3) is 10.0 Å². The smallest absolute Gasteiger partial charge is 0.271 e. The summed E-state index contributed by atoms with van der Waals surface area (Å²) in [6.07, 6.45) is 8.73. The first-order valence-corrected chi connectivity index (χ1v) is 13.2. The first-order chi connectivity index (χ1) is 13.9. The average molecular weight is 497 g/mol. The Morgan fingerprint density at radius 1 is 1.00 bits per heavy atom. The summed E-state index contributed by atoms with van der Waals surface area (Å²) in [5.74, 6) is 0.126. The zero-order valence-electron chi connectivity index (χ0n) is 16.1. The third-order valence-electron chi connectivity index (χ3n) is 5.88. The molecule has 4 rings (SSSR count). The van der Waals surface area contributed by atoms with Crippen LogP contribution in [0, 0.1) is 0 Å². The molecule has 1 amide bonds. The molecule has 156 valence electrons. The van der Waals surface area contributed by atoms with Crippen LogP contribution in [-0.2, 0) is 20.2 Å². The Morgan fingerprint density at radius 3 is 2.21 bits per heavy atom. The number of benzene rings is 1. The number of sulfonamides is 1. The number of carbonyl (C=O) groups is 1. The molecule has 0 aliphatic heterocycles. The highest BCUT2D eigenvalue weighted by Crippen LogP contribution is 2.49. The van der Waals surface area contributed by atoms with Gasteiger partial charge in [0, 0.05) is 11.7 Å². The van der Waals surface area contributed by atoms with Gasteiger partial charge < -0.3 is 5.32 Å². The minimum atomic E-state index is -3.60. The van der Waals surface area contributed by atoms with Gasteiger partial charge in [0.15, 0.2) is 0 Å². The van der Waals surface area contributed by atoms with E-state index < -0.39 is 15.4 Å². The molecule has 2 aliphatic rings. The number of hydrogen-bond acceptors (Lipinski definition) is 4. The maximum absolute atomic E-state index is 13.0. The lowest BCUT2D eigenvalue weighted by Gasteiger charge is -2.22. The van der Waals surface area contributed by atoms with Crippen molar-refractivity contribution in [2.24, 2.45) is 0 Å². The van der Waals surface area contributed by atoms with E-state index in [4.69, 9.17) is 0 Å². The van der Waals surface area contributed by atoms with Gasteiger partial charge >= 0.3 is 0 Å². The largest absolute Gasteiger partial charge is 0.353 e. The average Bonchev–Trinajstić information content (AvgIpc) is 3.43. The maximum Gasteiger partial charge on any atom is 0.271 e. The van der Waals surface area contributed by atoms with Crippen molar-refractivity contribution < 1.29 is 13.2 Å². The van der Waals surface area contributed by atoms with Crippen molar-refractivity contribution in [3.8, 4) is 0 Å². The number of rotatable bonds is 6. The predicted molar refractivity (Wildman–Crippen MR) is 120 cm³/mol. The first-order valence-electron chi connectivity index (χ1n) is 10.1. The minimum Gasteiger partial charge on any atom is -0.353 e. The lowest BCUT2D eigenvalue weighted by atomic mass is 9.94. The molecule has 5 nitrogen and oxygen atoms in total. The SMILES string of the molecule is O=C(NC1CCCCCC1)C1(c2ccc(NS(=O)(=O)c3ccc(Br)s3)cc2)CC1. The van der Waals surface area contributed by atoms with Crippen molar-refractivity contribution >= 4 is 48.9 Å². The number of hydrogen-bond donors (Lipinski definition) is 2. The monoisotopic (exact) mass is 496 g/mol. The molecule has 2 N–H and O–H groups in total.